The molecule has 0 heterocycles. The van der Waals surface area contributed by atoms with Crippen LogP contribution in [-0.2, 0) is 13.6 Å². The molecule has 1 N–H and O–H groups in total. The summed E-state index contributed by atoms with van der Waals surface area (Å²) in [5.74, 6) is -0.685. The third-order valence-electron chi connectivity index (χ3n) is 3.58. The molecule has 4 nitrogen and oxygen atoms in total. The molecule has 2 aromatic carbocycles. The quantitative estimate of drug-likeness (QED) is 0.371. The summed E-state index contributed by atoms with van der Waals surface area (Å²) in [7, 11) is -3.52. The molecule has 0 amide bonds. The van der Waals surface area contributed by atoms with E-state index >= 15 is 0 Å². The zero-order valence-electron chi connectivity index (χ0n) is 16.4. The fourth-order valence-corrected chi connectivity index (χ4v) is 5.05. The Bertz CT molecular complexity index is 826. The first kappa shape index (κ1) is 23.2. The Morgan fingerprint density at radius 1 is 1.00 bits per heavy atom. The number of hydrogen-bond donors (Lipinski definition) is 1. The van der Waals surface area contributed by atoms with Gasteiger partial charge in [-0.05, 0) is 69.7 Å². The maximum atomic E-state index is 13.7. The van der Waals surface area contributed by atoms with E-state index in [1.807, 2.05) is 82.3 Å². The summed E-state index contributed by atoms with van der Waals surface area (Å²) in [6.07, 6.45) is 3.10. The summed E-state index contributed by atoms with van der Waals surface area (Å²) in [6, 6.07) is 15.1. The summed E-state index contributed by atoms with van der Waals surface area (Å²) < 4.78 is 26.3. The van der Waals surface area contributed by atoms with Gasteiger partial charge in [-0.25, -0.2) is 0 Å². The number of halogens is 2. The van der Waals surface area contributed by atoms with Crippen LogP contribution in [0.1, 0.15) is 33.3 Å². The van der Waals surface area contributed by atoms with Crippen LogP contribution in [0.4, 0.5) is 5.69 Å². The largest absolute Gasteiger partial charge is 0.368 e. The van der Waals surface area contributed by atoms with E-state index in [1.54, 1.807) is 6.08 Å². The van der Waals surface area contributed by atoms with E-state index in [9.17, 15) is 4.57 Å². The van der Waals surface area contributed by atoms with Crippen molar-refractivity contribution in [1.29, 1.82) is 0 Å². The maximum Gasteiger partial charge on any atom is 0.357 e. The van der Waals surface area contributed by atoms with Gasteiger partial charge in [0.2, 0.25) is 0 Å². The Labute approximate surface area is 180 Å². The number of nitrogens with one attached hydrogen (secondary N) is 1. The van der Waals surface area contributed by atoms with Crippen LogP contribution in [0, 0.1) is 0 Å². The third kappa shape index (κ3) is 7.06. The van der Waals surface area contributed by atoms with Gasteiger partial charge in [-0.3, -0.25) is 4.57 Å². The lowest BCUT2D eigenvalue weighted by Crippen LogP contribution is -2.23. The van der Waals surface area contributed by atoms with E-state index in [1.165, 1.54) is 0 Å². The van der Waals surface area contributed by atoms with Crippen molar-refractivity contribution in [3.8, 4) is 0 Å². The molecule has 0 fully saturated rings. The first-order valence-electron chi connectivity index (χ1n) is 9.11. The van der Waals surface area contributed by atoms with Crippen LogP contribution < -0.4 is 5.32 Å². The van der Waals surface area contributed by atoms with Crippen molar-refractivity contribution < 1.29 is 13.6 Å². The van der Waals surface area contributed by atoms with E-state index in [0.717, 1.165) is 15.7 Å². The number of hydrogen-bond acceptors (Lipinski definition) is 4. The van der Waals surface area contributed by atoms with E-state index in [4.69, 9.17) is 20.6 Å². The Kier molecular flexibility index (Phi) is 8.79. The van der Waals surface area contributed by atoms with Gasteiger partial charge in [0.1, 0.15) is 5.78 Å². The fourth-order valence-electron chi connectivity index (χ4n) is 2.50. The zero-order chi connectivity index (χ0) is 20.7. The summed E-state index contributed by atoms with van der Waals surface area (Å²) >= 11 is 9.69. The van der Waals surface area contributed by atoms with Gasteiger partial charge in [0.05, 0.1) is 12.2 Å². The fraction of sp³-hybridized carbons (Fsp3) is 0.333. The summed E-state index contributed by atoms with van der Waals surface area (Å²) in [5.41, 5.74) is 1.63. The van der Waals surface area contributed by atoms with Crippen LogP contribution in [0.5, 0.6) is 0 Å². The van der Waals surface area contributed by atoms with Crippen LogP contribution in [0.15, 0.2) is 59.1 Å². The van der Waals surface area contributed by atoms with Crippen molar-refractivity contribution in [3.63, 3.8) is 0 Å². The van der Waals surface area contributed by atoms with Crippen LogP contribution in [-0.4, -0.2) is 18.0 Å². The zero-order valence-corrected chi connectivity index (χ0v) is 19.7. The Balaban J connectivity index is 2.41. The molecule has 0 aliphatic heterocycles. The van der Waals surface area contributed by atoms with Crippen LogP contribution in [0.25, 0.3) is 6.08 Å². The second kappa shape index (κ2) is 10.6. The molecule has 2 rings (SSSR count). The molecule has 7 heteroatoms. The van der Waals surface area contributed by atoms with E-state index < -0.39 is 13.4 Å². The SMILES string of the molecule is CC(C)OP(=O)(OC(C)C)[C@H](/C=C/c1ccccc1Cl)Nc1ccc(Br)cc1. The van der Waals surface area contributed by atoms with Gasteiger partial charge >= 0.3 is 7.60 Å². The van der Waals surface area contributed by atoms with E-state index in [2.05, 4.69) is 21.2 Å². The number of anilines is 1. The van der Waals surface area contributed by atoms with Crippen molar-refractivity contribution in [3.05, 3.63) is 69.7 Å². The predicted molar refractivity (Wildman–Crippen MR) is 122 cm³/mol. The monoisotopic (exact) mass is 485 g/mol. The summed E-state index contributed by atoms with van der Waals surface area (Å²) in [5, 5.41) is 3.90. The smallest absolute Gasteiger partial charge is 0.357 e. The van der Waals surface area contributed by atoms with Crippen molar-refractivity contribution in [2.24, 2.45) is 0 Å². The molecule has 2 aromatic rings. The van der Waals surface area contributed by atoms with Crippen LogP contribution in [0.3, 0.4) is 0 Å². The molecule has 0 aliphatic rings. The number of benzene rings is 2. The molecule has 0 bridgehead atoms. The standard InChI is InChI=1S/C21H26BrClNO3P/c1-15(2)26-28(25,27-16(3)4)21(24-19-12-10-18(22)11-13-19)14-9-17-7-5-6-8-20(17)23/h5-16,21,24H,1-4H3/b14-9+/t21-/m1/s1. The maximum absolute atomic E-state index is 13.7. The molecule has 0 aromatic heterocycles. The molecule has 0 saturated carbocycles. The van der Waals surface area contributed by atoms with Crippen molar-refractivity contribution in [2.45, 2.75) is 45.7 Å². The first-order valence-corrected chi connectivity index (χ1v) is 11.9. The first-order chi connectivity index (χ1) is 13.2. The molecular formula is C21H26BrClNO3P. The highest BCUT2D eigenvalue weighted by Gasteiger charge is 2.36. The van der Waals surface area contributed by atoms with Gasteiger partial charge in [-0.2, -0.15) is 0 Å². The third-order valence-corrected chi connectivity index (χ3v) is 6.86. The molecule has 0 aliphatic carbocycles. The second-order valence-electron chi connectivity index (χ2n) is 6.82. The highest BCUT2D eigenvalue weighted by atomic mass is 79.9. The average Bonchev–Trinajstić information content (AvgIpc) is 2.60. The Hall–Kier alpha value is -1.10. The van der Waals surface area contributed by atoms with Crippen LogP contribution in [0.2, 0.25) is 5.02 Å². The van der Waals surface area contributed by atoms with Crippen LogP contribution >= 0.6 is 35.1 Å². The molecule has 152 valence electrons. The van der Waals surface area contributed by atoms with Gasteiger partial charge in [0, 0.05) is 15.2 Å². The Morgan fingerprint density at radius 3 is 2.11 bits per heavy atom. The summed E-state index contributed by atoms with van der Waals surface area (Å²) in [4.78, 5) is 0. The molecule has 0 saturated heterocycles. The minimum absolute atomic E-state index is 0.257. The minimum atomic E-state index is -3.52. The van der Waals surface area contributed by atoms with Crippen molar-refractivity contribution >= 4 is 46.9 Å². The second-order valence-corrected chi connectivity index (χ2v) is 10.2. The van der Waals surface area contributed by atoms with Gasteiger partial charge in [-0.1, -0.05) is 51.8 Å². The average molecular weight is 487 g/mol. The molecule has 28 heavy (non-hydrogen) atoms. The molecule has 1 atom stereocenters. The molecule has 0 radical (unpaired) electrons. The number of rotatable bonds is 9. The molecular weight excluding hydrogens is 461 g/mol. The lowest BCUT2D eigenvalue weighted by Gasteiger charge is -2.29. The molecule has 0 spiro atoms. The highest BCUT2D eigenvalue weighted by molar-refractivity contribution is 9.10. The topological polar surface area (TPSA) is 47.6 Å². The van der Waals surface area contributed by atoms with Crippen molar-refractivity contribution in [2.75, 3.05) is 5.32 Å². The Morgan fingerprint density at radius 2 is 1.57 bits per heavy atom. The summed E-state index contributed by atoms with van der Waals surface area (Å²) in [6.45, 7) is 7.35. The van der Waals surface area contributed by atoms with E-state index in [-0.39, 0.29) is 12.2 Å². The van der Waals surface area contributed by atoms with Gasteiger partial charge < -0.3 is 14.4 Å². The van der Waals surface area contributed by atoms with Gasteiger partial charge in [0.25, 0.3) is 0 Å². The highest BCUT2D eigenvalue weighted by Crippen LogP contribution is 2.55. The van der Waals surface area contributed by atoms with Gasteiger partial charge in [-0.15, -0.1) is 0 Å². The van der Waals surface area contributed by atoms with Crippen molar-refractivity contribution in [1.82, 2.24) is 0 Å². The lowest BCUT2D eigenvalue weighted by molar-refractivity contribution is 0.140. The van der Waals surface area contributed by atoms with E-state index in [0.29, 0.717) is 5.02 Å². The molecule has 0 unspecified atom stereocenters. The normalized spacial score (nSPS) is 13.4. The minimum Gasteiger partial charge on any atom is -0.368 e. The van der Waals surface area contributed by atoms with Gasteiger partial charge in [0.15, 0.2) is 0 Å². The predicted octanol–water partition coefficient (Wildman–Crippen LogP) is 7.60. The lowest BCUT2D eigenvalue weighted by atomic mass is 10.2.